The lowest BCUT2D eigenvalue weighted by Crippen LogP contribution is -2.36. The second kappa shape index (κ2) is 7.85. The Morgan fingerprint density at radius 1 is 1.36 bits per heavy atom. The van der Waals surface area contributed by atoms with Crippen LogP contribution in [0.5, 0.6) is 5.75 Å². The highest BCUT2D eigenvalue weighted by Crippen LogP contribution is 2.28. The lowest BCUT2D eigenvalue weighted by molar-refractivity contribution is -0.125. The zero-order valence-electron chi connectivity index (χ0n) is 14.3. The van der Waals surface area contributed by atoms with Gasteiger partial charge in [-0.3, -0.25) is 9.78 Å². The monoisotopic (exact) mass is 359 g/mol. The molecule has 25 heavy (non-hydrogen) atoms. The van der Waals surface area contributed by atoms with Crippen LogP contribution < -0.4 is 15.4 Å². The lowest BCUT2D eigenvalue weighted by Gasteiger charge is -2.21. The van der Waals surface area contributed by atoms with Gasteiger partial charge < -0.3 is 15.4 Å². The van der Waals surface area contributed by atoms with Crippen molar-refractivity contribution >= 4 is 17.5 Å². The quantitative estimate of drug-likeness (QED) is 0.861. The van der Waals surface area contributed by atoms with Crippen molar-refractivity contribution < 1.29 is 9.53 Å². The third-order valence-electron chi connectivity index (χ3n) is 4.63. The Labute approximate surface area is 152 Å². The van der Waals surface area contributed by atoms with Gasteiger partial charge in [-0.25, -0.2) is 0 Å². The van der Waals surface area contributed by atoms with E-state index in [1.807, 2.05) is 43.3 Å². The number of methoxy groups -OCH3 is 1. The minimum Gasteiger partial charge on any atom is -0.497 e. The number of rotatable bonds is 5. The van der Waals surface area contributed by atoms with Gasteiger partial charge in [0.2, 0.25) is 5.91 Å². The van der Waals surface area contributed by atoms with Crippen molar-refractivity contribution in [3.63, 3.8) is 0 Å². The summed E-state index contributed by atoms with van der Waals surface area (Å²) in [5.74, 6) is 0.711. The predicted octanol–water partition coefficient (Wildman–Crippen LogP) is 2.92. The van der Waals surface area contributed by atoms with Crippen LogP contribution in [-0.2, 0) is 4.79 Å². The van der Waals surface area contributed by atoms with E-state index >= 15 is 0 Å². The summed E-state index contributed by atoms with van der Waals surface area (Å²) in [5.41, 5.74) is 1.91. The maximum absolute atomic E-state index is 12.8. The SMILES string of the molecule is COc1cccc(C(C)NC(=O)C2CNCC2c2ccc(Cl)cn2)c1. The molecule has 2 N–H and O–H groups in total. The van der Waals surface area contributed by atoms with E-state index in [0.717, 1.165) is 23.6 Å². The highest BCUT2D eigenvalue weighted by molar-refractivity contribution is 6.30. The summed E-state index contributed by atoms with van der Waals surface area (Å²) in [6.07, 6.45) is 1.63. The fourth-order valence-electron chi connectivity index (χ4n) is 3.19. The van der Waals surface area contributed by atoms with E-state index in [9.17, 15) is 4.79 Å². The van der Waals surface area contributed by atoms with E-state index in [4.69, 9.17) is 16.3 Å². The lowest BCUT2D eigenvalue weighted by atomic mass is 9.91. The second-order valence-corrected chi connectivity index (χ2v) is 6.72. The number of nitrogens with zero attached hydrogens (tertiary/aromatic N) is 1. The molecule has 0 spiro atoms. The maximum Gasteiger partial charge on any atom is 0.225 e. The zero-order chi connectivity index (χ0) is 17.8. The highest BCUT2D eigenvalue weighted by atomic mass is 35.5. The Hall–Kier alpha value is -2.11. The molecule has 0 radical (unpaired) electrons. The molecule has 1 aliphatic heterocycles. The van der Waals surface area contributed by atoms with E-state index in [1.165, 1.54) is 0 Å². The summed E-state index contributed by atoms with van der Waals surface area (Å²) in [5, 5.41) is 7.01. The molecule has 0 aliphatic carbocycles. The summed E-state index contributed by atoms with van der Waals surface area (Å²) in [7, 11) is 1.64. The first-order valence-electron chi connectivity index (χ1n) is 8.35. The molecule has 1 saturated heterocycles. The molecular weight excluding hydrogens is 338 g/mol. The molecule has 132 valence electrons. The minimum absolute atomic E-state index is 0.0297. The van der Waals surface area contributed by atoms with Crippen LogP contribution in [0.3, 0.4) is 0 Å². The molecule has 1 amide bonds. The van der Waals surface area contributed by atoms with Gasteiger partial charge >= 0.3 is 0 Å². The molecule has 6 heteroatoms. The van der Waals surface area contributed by atoms with Crippen LogP contribution in [0.2, 0.25) is 5.02 Å². The topological polar surface area (TPSA) is 63.2 Å². The number of carbonyl (C=O) groups is 1. The third-order valence-corrected chi connectivity index (χ3v) is 4.86. The number of benzene rings is 1. The van der Waals surface area contributed by atoms with E-state index in [2.05, 4.69) is 15.6 Å². The fourth-order valence-corrected chi connectivity index (χ4v) is 3.30. The predicted molar refractivity (Wildman–Crippen MR) is 97.9 cm³/mol. The van der Waals surface area contributed by atoms with E-state index in [0.29, 0.717) is 11.6 Å². The first-order valence-corrected chi connectivity index (χ1v) is 8.72. The largest absolute Gasteiger partial charge is 0.497 e. The summed E-state index contributed by atoms with van der Waals surface area (Å²) in [6.45, 7) is 3.36. The summed E-state index contributed by atoms with van der Waals surface area (Å²) < 4.78 is 5.25. The van der Waals surface area contributed by atoms with Crippen molar-refractivity contribution in [1.82, 2.24) is 15.6 Å². The Bertz CT molecular complexity index is 736. The van der Waals surface area contributed by atoms with Crippen LogP contribution in [0.1, 0.15) is 30.1 Å². The van der Waals surface area contributed by atoms with Gasteiger partial charge in [0.15, 0.2) is 0 Å². The number of pyridine rings is 1. The Morgan fingerprint density at radius 3 is 2.92 bits per heavy atom. The van der Waals surface area contributed by atoms with Gasteiger partial charge in [0, 0.05) is 30.9 Å². The standard InChI is InChI=1S/C19H22ClN3O2/c1-12(13-4-3-5-15(8-13)25-2)23-19(24)17-11-21-10-16(17)18-7-6-14(20)9-22-18/h3-9,12,16-17,21H,10-11H2,1-2H3,(H,23,24). The van der Waals surface area contributed by atoms with E-state index < -0.39 is 0 Å². The second-order valence-electron chi connectivity index (χ2n) is 6.28. The number of amides is 1. The molecule has 3 rings (SSSR count). The normalized spacial score (nSPS) is 20.9. The Balaban J connectivity index is 1.70. The molecule has 1 aliphatic rings. The van der Waals surface area contributed by atoms with E-state index in [1.54, 1.807) is 13.3 Å². The van der Waals surface area contributed by atoms with Crippen molar-refractivity contribution in [2.24, 2.45) is 5.92 Å². The number of hydrogen-bond acceptors (Lipinski definition) is 4. The molecule has 3 atom stereocenters. The molecular formula is C19H22ClN3O2. The van der Waals surface area contributed by atoms with Gasteiger partial charge in [-0.2, -0.15) is 0 Å². The van der Waals surface area contributed by atoms with Crippen LogP contribution >= 0.6 is 11.6 Å². The van der Waals surface area contributed by atoms with Crippen molar-refractivity contribution in [3.8, 4) is 5.75 Å². The first-order chi connectivity index (χ1) is 12.1. The minimum atomic E-state index is -0.151. The zero-order valence-corrected chi connectivity index (χ0v) is 15.1. The van der Waals surface area contributed by atoms with Gasteiger partial charge in [0.05, 0.1) is 24.1 Å². The average molecular weight is 360 g/mol. The third kappa shape index (κ3) is 4.11. The molecule has 0 bridgehead atoms. The molecule has 3 unspecified atom stereocenters. The van der Waals surface area contributed by atoms with Crippen LogP contribution in [-0.4, -0.2) is 31.1 Å². The van der Waals surface area contributed by atoms with Crippen LogP contribution in [0, 0.1) is 5.92 Å². The van der Waals surface area contributed by atoms with Crippen molar-refractivity contribution in [2.45, 2.75) is 18.9 Å². The summed E-state index contributed by atoms with van der Waals surface area (Å²) in [6, 6.07) is 11.4. The molecule has 2 aromatic rings. The summed E-state index contributed by atoms with van der Waals surface area (Å²) >= 11 is 5.91. The van der Waals surface area contributed by atoms with Crippen LogP contribution in [0.15, 0.2) is 42.6 Å². The van der Waals surface area contributed by atoms with E-state index in [-0.39, 0.29) is 23.8 Å². The molecule has 2 heterocycles. The molecule has 0 saturated carbocycles. The Kier molecular flexibility index (Phi) is 5.56. The van der Waals surface area contributed by atoms with Crippen LogP contribution in [0.4, 0.5) is 0 Å². The average Bonchev–Trinajstić information content (AvgIpc) is 3.12. The fraction of sp³-hybridized carbons (Fsp3) is 0.368. The number of nitrogens with one attached hydrogen (secondary N) is 2. The molecule has 1 aromatic carbocycles. The smallest absolute Gasteiger partial charge is 0.225 e. The van der Waals surface area contributed by atoms with Gasteiger partial charge in [-0.15, -0.1) is 0 Å². The highest BCUT2D eigenvalue weighted by Gasteiger charge is 2.35. The van der Waals surface area contributed by atoms with Gasteiger partial charge in [0.25, 0.3) is 0 Å². The van der Waals surface area contributed by atoms with Gasteiger partial charge in [-0.1, -0.05) is 23.7 Å². The molecule has 5 nitrogen and oxygen atoms in total. The number of aromatic nitrogens is 1. The Morgan fingerprint density at radius 2 is 2.20 bits per heavy atom. The van der Waals surface area contributed by atoms with Gasteiger partial charge in [0.1, 0.15) is 5.75 Å². The van der Waals surface area contributed by atoms with Crippen molar-refractivity contribution in [1.29, 1.82) is 0 Å². The number of hydrogen-bond donors (Lipinski definition) is 2. The van der Waals surface area contributed by atoms with Gasteiger partial charge in [-0.05, 0) is 36.8 Å². The summed E-state index contributed by atoms with van der Waals surface area (Å²) in [4.78, 5) is 17.2. The molecule has 1 fully saturated rings. The first kappa shape index (κ1) is 17.7. The molecule has 1 aromatic heterocycles. The van der Waals surface area contributed by atoms with Crippen molar-refractivity contribution in [2.75, 3.05) is 20.2 Å². The number of halogens is 1. The van der Waals surface area contributed by atoms with Crippen LogP contribution in [0.25, 0.3) is 0 Å². The number of carbonyl (C=O) groups excluding carboxylic acids is 1. The maximum atomic E-state index is 12.8. The number of ether oxygens (including phenoxy) is 1. The van der Waals surface area contributed by atoms with Crippen molar-refractivity contribution in [3.05, 3.63) is 58.9 Å².